The number of nitrogens with zero attached hydrogens (tertiary/aromatic N) is 1. The van der Waals surface area contributed by atoms with Crippen LogP contribution in [0.3, 0.4) is 0 Å². The number of rotatable bonds is 2. The average Bonchev–Trinajstić information content (AvgIpc) is 3.14. The summed E-state index contributed by atoms with van der Waals surface area (Å²) in [6, 6.07) is 12.6. The molecule has 0 spiro atoms. The van der Waals surface area contributed by atoms with Crippen molar-refractivity contribution in [3.05, 3.63) is 59.2 Å². The van der Waals surface area contributed by atoms with Gasteiger partial charge in [0.2, 0.25) is 6.79 Å². The van der Waals surface area contributed by atoms with Gasteiger partial charge in [0.15, 0.2) is 11.5 Å². The van der Waals surface area contributed by atoms with Gasteiger partial charge in [-0.05, 0) is 48.4 Å². The van der Waals surface area contributed by atoms with Crippen LogP contribution in [0.1, 0.15) is 11.1 Å². The highest BCUT2D eigenvalue weighted by atomic mass is 16.7. The predicted molar refractivity (Wildman–Crippen MR) is 87.3 cm³/mol. The lowest BCUT2D eigenvalue weighted by molar-refractivity contribution is -0.117. The van der Waals surface area contributed by atoms with Crippen molar-refractivity contribution in [1.29, 1.82) is 0 Å². The fraction of sp³-hybridized carbons (Fsp3) is 0.111. The molecule has 6 heteroatoms. The van der Waals surface area contributed by atoms with Gasteiger partial charge in [-0.3, -0.25) is 15.0 Å². The molecule has 1 saturated heterocycles. The molecule has 120 valence electrons. The second-order valence-corrected chi connectivity index (χ2v) is 5.59. The van der Waals surface area contributed by atoms with E-state index >= 15 is 0 Å². The number of ether oxygens (including phenoxy) is 2. The molecule has 0 radical (unpaired) electrons. The van der Waals surface area contributed by atoms with Crippen LogP contribution in [0.15, 0.2) is 48.0 Å². The number of carbonyl (C=O) groups is 2. The number of nitrogens with one attached hydrogen (secondary N) is 1. The summed E-state index contributed by atoms with van der Waals surface area (Å²) in [5, 5.41) is 1.26. The Morgan fingerprint density at radius 2 is 1.92 bits per heavy atom. The Hall–Kier alpha value is -3.28. The van der Waals surface area contributed by atoms with Crippen LogP contribution in [0.4, 0.5) is 5.69 Å². The zero-order valence-corrected chi connectivity index (χ0v) is 12.9. The first-order valence-electron chi connectivity index (χ1n) is 7.45. The smallest absolute Gasteiger partial charge is 0.282 e. The van der Waals surface area contributed by atoms with E-state index in [-0.39, 0.29) is 18.3 Å². The molecular weight excluding hydrogens is 308 g/mol. The molecule has 2 amide bonds. The maximum Gasteiger partial charge on any atom is 0.282 e. The maximum absolute atomic E-state index is 12.6. The van der Waals surface area contributed by atoms with Crippen molar-refractivity contribution in [2.75, 3.05) is 11.8 Å². The molecule has 0 saturated carbocycles. The minimum atomic E-state index is -0.431. The molecule has 1 fully saturated rings. The summed E-state index contributed by atoms with van der Waals surface area (Å²) in [6.45, 7) is 2.10. The molecule has 1 N–H and O–H groups in total. The Balaban J connectivity index is 1.66. The SMILES string of the molecule is Cc1cccc(N2NC(=O)C(=Cc3ccc4c(c3)OCO4)C2=O)c1. The lowest BCUT2D eigenvalue weighted by atomic mass is 10.1. The Bertz CT molecular complexity index is 888. The van der Waals surface area contributed by atoms with Gasteiger partial charge in [0.1, 0.15) is 5.57 Å². The van der Waals surface area contributed by atoms with Crippen LogP contribution >= 0.6 is 0 Å². The van der Waals surface area contributed by atoms with Crippen LogP contribution in [0.2, 0.25) is 0 Å². The largest absolute Gasteiger partial charge is 0.454 e. The number of amides is 2. The van der Waals surface area contributed by atoms with Crippen LogP contribution in [0.25, 0.3) is 6.08 Å². The summed E-state index contributed by atoms with van der Waals surface area (Å²) >= 11 is 0. The highest BCUT2D eigenvalue weighted by molar-refractivity contribution is 6.31. The van der Waals surface area contributed by atoms with Crippen molar-refractivity contribution < 1.29 is 19.1 Å². The minimum absolute atomic E-state index is 0.0790. The second kappa shape index (κ2) is 5.42. The topological polar surface area (TPSA) is 67.9 Å². The van der Waals surface area contributed by atoms with Crippen LogP contribution in [0.5, 0.6) is 11.5 Å². The lowest BCUT2D eigenvalue weighted by Gasteiger charge is -2.14. The third-order valence-electron chi connectivity index (χ3n) is 3.86. The summed E-state index contributed by atoms with van der Waals surface area (Å²) < 4.78 is 10.6. The van der Waals surface area contributed by atoms with E-state index < -0.39 is 5.91 Å². The van der Waals surface area contributed by atoms with Crippen molar-refractivity contribution in [2.24, 2.45) is 0 Å². The predicted octanol–water partition coefficient (Wildman–Crippen LogP) is 2.19. The molecule has 4 rings (SSSR count). The first-order valence-corrected chi connectivity index (χ1v) is 7.45. The number of carbonyl (C=O) groups excluding carboxylic acids is 2. The molecule has 2 aromatic carbocycles. The normalized spacial score (nSPS) is 17.5. The number of fused-ring (bicyclic) bond motifs is 1. The fourth-order valence-corrected chi connectivity index (χ4v) is 2.68. The molecule has 0 unspecified atom stereocenters. The molecule has 2 aromatic rings. The number of aryl methyl sites for hydroxylation is 1. The molecule has 0 atom stereocenters. The van der Waals surface area contributed by atoms with Gasteiger partial charge in [0.25, 0.3) is 11.8 Å². The van der Waals surface area contributed by atoms with E-state index in [4.69, 9.17) is 9.47 Å². The molecule has 2 aliphatic rings. The van der Waals surface area contributed by atoms with Crippen LogP contribution in [-0.2, 0) is 9.59 Å². The van der Waals surface area contributed by atoms with Gasteiger partial charge in [0, 0.05) is 0 Å². The number of anilines is 1. The third-order valence-corrected chi connectivity index (χ3v) is 3.86. The van der Waals surface area contributed by atoms with Gasteiger partial charge in [-0.15, -0.1) is 0 Å². The second-order valence-electron chi connectivity index (χ2n) is 5.59. The van der Waals surface area contributed by atoms with Gasteiger partial charge in [0.05, 0.1) is 5.69 Å². The van der Waals surface area contributed by atoms with Crippen molar-refractivity contribution >= 4 is 23.6 Å². The quantitative estimate of drug-likeness (QED) is 0.680. The molecule has 0 aromatic heterocycles. The fourth-order valence-electron chi connectivity index (χ4n) is 2.68. The molecule has 2 heterocycles. The van der Waals surface area contributed by atoms with E-state index in [1.54, 1.807) is 30.3 Å². The van der Waals surface area contributed by atoms with E-state index in [2.05, 4.69) is 5.43 Å². The Morgan fingerprint density at radius 1 is 1.08 bits per heavy atom. The van der Waals surface area contributed by atoms with E-state index in [1.807, 2.05) is 25.1 Å². The summed E-state index contributed by atoms with van der Waals surface area (Å²) in [5.41, 5.74) is 5.00. The van der Waals surface area contributed by atoms with Gasteiger partial charge in [-0.1, -0.05) is 18.2 Å². The zero-order chi connectivity index (χ0) is 16.7. The number of hydrogen-bond donors (Lipinski definition) is 1. The van der Waals surface area contributed by atoms with Gasteiger partial charge in [-0.2, -0.15) is 0 Å². The van der Waals surface area contributed by atoms with Crippen molar-refractivity contribution in [3.63, 3.8) is 0 Å². The number of hydrazine groups is 1. The van der Waals surface area contributed by atoms with Gasteiger partial charge >= 0.3 is 0 Å². The Labute approximate surface area is 138 Å². The molecule has 0 bridgehead atoms. The van der Waals surface area contributed by atoms with Crippen LogP contribution < -0.4 is 19.9 Å². The van der Waals surface area contributed by atoms with Crippen LogP contribution in [0, 0.1) is 6.92 Å². The first-order chi connectivity index (χ1) is 11.6. The molecular formula is C18H14N2O4. The Kier molecular flexibility index (Phi) is 3.23. The molecule has 24 heavy (non-hydrogen) atoms. The molecule has 6 nitrogen and oxygen atoms in total. The number of benzene rings is 2. The molecule has 0 aliphatic carbocycles. The van der Waals surface area contributed by atoms with Gasteiger partial charge < -0.3 is 9.47 Å². The summed E-state index contributed by atoms with van der Waals surface area (Å²) in [5.74, 6) is 0.439. The van der Waals surface area contributed by atoms with Crippen LogP contribution in [-0.4, -0.2) is 18.6 Å². The minimum Gasteiger partial charge on any atom is -0.454 e. The van der Waals surface area contributed by atoms with E-state index in [0.29, 0.717) is 22.7 Å². The van der Waals surface area contributed by atoms with Crippen molar-refractivity contribution in [2.45, 2.75) is 6.92 Å². The van der Waals surface area contributed by atoms with Gasteiger partial charge in [-0.25, -0.2) is 5.01 Å². The Morgan fingerprint density at radius 3 is 2.75 bits per heavy atom. The standard InChI is InChI=1S/C18H14N2O4/c1-11-3-2-4-13(7-11)20-18(22)14(17(21)19-20)8-12-5-6-15-16(9-12)24-10-23-15/h2-9H,10H2,1H3,(H,19,21). The lowest BCUT2D eigenvalue weighted by Crippen LogP contribution is -2.35. The first kappa shape index (κ1) is 14.3. The van der Waals surface area contributed by atoms with E-state index in [9.17, 15) is 9.59 Å². The van der Waals surface area contributed by atoms with E-state index in [1.165, 1.54) is 5.01 Å². The maximum atomic E-state index is 12.6. The highest BCUT2D eigenvalue weighted by Crippen LogP contribution is 2.33. The highest BCUT2D eigenvalue weighted by Gasteiger charge is 2.34. The third kappa shape index (κ3) is 2.38. The van der Waals surface area contributed by atoms with E-state index in [0.717, 1.165) is 5.56 Å². The summed E-state index contributed by atoms with van der Waals surface area (Å²) in [7, 11) is 0. The van der Waals surface area contributed by atoms with Crippen molar-refractivity contribution in [1.82, 2.24) is 5.43 Å². The summed E-state index contributed by atoms with van der Waals surface area (Å²) in [6.07, 6.45) is 1.55. The molecule has 2 aliphatic heterocycles. The average molecular weight is 322 g/mol. The summed E-state index contributed by atoms with van der Waals surface area (Å²) in [4.78, 5) is 24.8. The monoisotopic (exact) mass is 322 g/mol. The van der Waals surface area contributed by atoms with Crippen molar-refractivity contribution in [3.8, 4) is 11.5 Å². The number of hydrogen-bond acceptors (Lipinski definition) is 4. The zero-order valence-electron chi connectivity index (χ0n) is 12.9.